The van der Waals surface area contributed by atoms with Gasteiger partial charge in [-0.15, -0.1) is 0 Å². The van der Waals surface area contributed by atoms with Gasteiger partial charge in [0.1, 0.15) is 0 Å². The minimum atomic E-state index is 0.301. The maximum absolute atomic E-state index is 6.02. The number of hydrogen-bond acceptors (Lipinski definition) is 3. The molecule has 2 rings (SSSR count). The monoisotopic (exact) mass is 214 g/mol. The van der Waals surface area contributed by atoms with Gasteiger partial charge in [0.25, 0.3) is 0 Å². The molecule has 3 heteroatoms. The lowest BCUT2D eigenvalue weighted by Gasteiger charge is -2.48. The summed E-state index contributed by atoms with van der Waals surface area (Å²) in [5, 5.41) is 0. The van der Waals surface area contributed by atoms with Gasteiger partial charge in [0.15, 0.2) is 0 Å². The zero-order chi connectivity index (χ0) is 10.2. The molecule has 2 aliphatic rings. The van der Waals surface area contributed by atoms with Crippen LogP contribution in [0.5, 0.6) is 0 Å². The molecule has 0 aromatic rings. The van der Waals surface area contributed by atoms with E-state index in [-0.39, 0.29) is 0 Å². The molecule has 82 valence electrons. The zero-order valence-corrected chi connectivity index (χ0v) is 10.1. The Morgan fingerprint density at radius 2 is 2.21 bits per heavy atom. The third kappa shape index (κ3) is 1.50. The molecule has 0 radical (unpaired) electrons. The number of likely N-dealkylation sites (N-methyl/N-ethyl adjacent to an activating group) is 1. The van der Waals surface area contributed by atoms with Crippen molar-refractivity contribution >= 4 is 11.8 Å². The van der Waals surface area contributed by atoms with E-state index in [9.17, 15) is 0 Å². The Labute approximate surface area is 91.6 Å². The van der Waals surface area contributed by atoms with E-state index in [2.05, 4.69) is 30.6 Å². The number of nitrogens with zero attached hydrogens (tertiary/aromatic N) is 1. The van der Waals surface area contributed by atoms with E-state index in [0.717, 1.165) is 18.5 Å². The summed E-state index contributed by atoms with van der Waals surface area (Å²) in [6.45, 7) is 3.19. The van der Waals surface area contributed by atoms with Crippen molar-refractivity contribution < 1.29 is 0 Å². The van der Waals surface area contributed by atoms with Gasteiger partial charge in [-0.2, -0.15) is 11.8 Å². The van der Waals surface area contributed by atoms with Crippen LogP contribution in [-0.2, 0) is 0 Å². The smallest absolute Gasteiger partial charge is 0.0455 e. The first-order valence-corrected chi connectivity index (χ1v) is 6.87. The van der Waals surface area contributed by atoms with Gasteiger partial charge in [-0.3, -0.25) is 4.90 Å². The fourth-order valence-corrected chi connectivity index (χ4v) is 4.44. The summed E-state index contributed by atoms with van der Waals surface area (Å²) in [5.41, 5.74) is 6.32. The largest absolute Gasteiger partial charge is 0.329 e. The van der Waals surface area contributed by atoms with Crippen molar-refractivity contribution in [2.24, 2.45) is 11.7 Å². The molecule has 1 heterocycles. The van der Waals surface area contributed by atoms with Crippen LogP contribution in [0, 0.1) is 5.92 Å². The molecule has 1 saturated heterocycles. The predicted octanol–water partition coefficient (Wildman–Crippen LogP) is 1.55. The molecule has 14 heavy (non-hydrogen) atoms. The SMILES string of the molecule is CC1CSCC1(CN)N(C)C1CCC1. The summed E-state index contributed by atoms with van der Waals surface area (Å²) >= 11 is 2.07. The van der Waals surface area contributed by atoms with Crippen molar-refractivity contribution in [1.82, 2.24) is 4.90 Å². The van der Waals surface area contributed by atoms with Gasteiger partial charge in [-0.05, 0) is 31.6 Å². The average Bonchev–Trinajstić information content (AvgIpc) is 2.44. The van der Waals surface area contributed by atoms with Gasteiger partial charge in [-0.25, -0.2) is 0 Å². The van der Waals surface area contributed by atoms with Crippen LogP contribution in [0.1, 0.15) is 26.2 Å². The minimum absolute atomic E-state index is 0.301. The highest BCUT2D eigenvalue weighted by atomic mass is 32.2. The lowest BCUT2D eigenvalue weighted by Crippen LogP contribution is -2.61. The topological polar surface area (TPSA) is 29.3 Å². The Hall–Kier alpha value is 0.270. The molecule has 1 saturated carbocycles. The summed E-state index contributed by atoms with van der Waals surface area (Å²) < 4.78 is 0. The third-order valence-corrected chi connectivity index (χ3v) is 5.76. The molecule has 0 bridgehead atoms. The lowest BCUT2D eigenvalue weighted by atomic mass is 9.81. The molecular weight excluding hydrogens is 192 g/mol. The van der Waals surface area contributed by atoms with Crippen LogP contribution in [0.2, 0.25) is 0 Å². The van der Waals surface area contributed by atoms with Crippen molar-refractivity contribution in [3.8, 4) is 0 Å². The summed E-state index contributed by atoms with van der Waals surface area (Å²) in [6.07, 6.45) is 4.18. The Bertz CT molecular complexity index is 205. The normalized spacial score (nSPS) is 39.0. The predicted molar refractivity (Wildman–Crippen MR) is 63.7 cm³/mol. The molecule has 2 atom stereocenters. The fraction of sp³-hybridized carbons (Fsp3) is 1.00. The van der Waals surface area contributed by atoms with Gasteiger partial charge in [0, 0.05) is 23.9 Å². The summed E-state index contributed by atoms with van der Waals surface area (Å²) in [4.78, 5) is 2.60. The van der Waals surface area contributed by atoms with E-state index in [0.29, 0.717) is 5.54 Å². The van der Waals surface area contributed by atoms with Crippen molar-refractivity contribution in [2.75, 3.05) is 25.1 Å². The Morgan fingerprint density at radius 3 is 2.57 bits per heavy atom. The van der Waals surface area contributed by atoms with E-state index in [1.165, 1.54) is 30.8 Å². The van der Waals surface area contributed by atoms with E-state index in [1.54, 1.807) is 0 Å². The highest BCUT2D eigenvalue weighted by Gasteiger charge is 2.46. The highest BCUT2D eigenvalue weighted by molar-refractivity contribution is 7.99. The zero-order valence-electron chi connectivity index (χ0n) is 9.33. The van der Waals surface area contributed by atoms with Gasteiger partial charge < -0.3 is 5.73 Å². The molecule has 2 unspecified atom stereocenters. The molecular formula is C11H22N2S. The molecule has 0 aromatic carbocycles. The van der Waals surface area contributed by atoms with Gasteiger partial charge in [-0.1, -0.05) is 13.3 Å². The van der Waals surface area contributed by atoms with E-state index in [1.807, 2.05) is 0 Å². The molecule has 0 aromatic heterocycles. The fourth-order valence-electron chi connectivity index (χ4n) is 2.70. The second kappa shape index (κ2) is 4.03. The quantitative estimate of drug-likeness (QED) is 0.773. The van der Waals surface area contributed by atoms with E-state index in [4.69, 9.17) is 5.73 Å². The first-order chi connectivity index (χ1) is 6.70. The molecule has 1 aliphatic carbocycles. The van der Waals surface area contributed by atoms with Crippen molar-refractivity contribution in [1.29, 1.82) is 0 Å². The van der Waals surface area contributed by atoms with Crippen LogP contribution in [0.4, 0.5) is 0 Å². The van der Waals surface area contributed by atoms with E-state index >= 15 is 0 Å². The number of thioether (sulfide) groups is 1. The molecule has 0 amide bonds. The molecule has 2 N–H and O–H groups in total. The van der Waals surface area contributed by atoms with Crippen LogP contribution >= 0.6 is 11.8 Å². The van der Waals surface area contributed by atoms with Crippen LogP contribution in [-0.4, -0.2) is 41.6 Å². The average molecular weight is 214 g/mol. The second-order valence-electron chi connectivity index (χ2n) is 4.92. The number of nitrogens with two attached hydrogens (primary N) is 1. The molecule has 2 fully saturated rings. The Balaban J connectivity index is 2.09. The maximum Gasteiger partial charge on any atom is 0.0455 e. The highest BCUT2D eigenvalue weighted by Crippen LogP contribution is 2.40. The van der Waals surface area contributed by atoms with Crippen molar-refractivity contribution in [3.63, 3.8) is 0 Å². The van der Waals surface area contributed by atoms with Gasteiger partial charge in [0.2, 0.25) is 0 Å². The van der Waals surface area contributed by atoms with E-state index < -0.39 is 0 Å². The van der Waals surface area contributed by atoms with Crippen LogP contribution in [0.3, 0.4) is 0 Å². The van der Waals surface area contributed by atoms with Crippen molar-refractivity contribution in [3.05, 3.63) is 0 Å². The van der Waals surface area contributed by atoms with Gasteiger partial charge >= 0.3 is 0 Å². The minimum Gasteiger partial charge on any atom is -0.329 e. The molecule has 2 nitrogen and oxygen atoms in total. The molecule has 1 aliphatic heterocycles. The Kier molecular flexibility index (Phi) is 3.10. The second-order valence-corrected chi connectivity index (χ2v) is 5.95. The summed E-state index contributed by atoms with van der Waals surface area (Å²) in [7, 11) is 2.29. The summed E-state index contributed by atoms with van der Waals surface area (Å²) in [6, 6.07) is 0.819. The third-order valence-electron chi connectivity index (χ3n) is 4.32. The molecule has 0 spiro atoms. The van der Waals surface area contributed by atoms with Crippen LogP contribution in [0.25, 0.3) is 0 Å². The standard InChI is InChI=1S/C11H22N2S/c1-9-6-14-8-11(9,7-12)13(2)10-4-3-5-10/h9-10H,3-8,12H2,1-2H3. The lowest BCUT2D eigenvalue weighted by molar-refractivity contribution is 0.0290. The van der Waals surface area contributed by atoms with Gasteiger partial charge in [0.05, 0.1) is 0 Å². The summed E-state index contributed by atoms with van der Waals surface area (Å²) in [5.74, 6) is 3.27. The number of hydrogen-bond donors (Lipinski definition) is 1. The first kappa shape index (κ1) is 10.8. The van der Waals surface area contributed by atoms with Crippen LogP contribution < -0.4 is 5.73 Å². The number of rotatable bonds is 3. The van der Waals surface area contributed by atoms with Crippen LogP contribution in [0.15, 0.2) is 0 Å². The Morgan fingerprint density at radius 1 is 1.50 bits per heavy atom. The maximum atomic E-state index is 6.02. The first-order valence-electron chi connectivity index (χ1n) is 5.71. The van der Waals surface area contributed by atoms with Crippen molar-refractivity contribution in [2.45, 2.75) is 37.8 Å².